The van der Waals surface area contributed by atoms with Crippen LogP contribution in [0.15, 0.2) is 30.5 Å². The van der Waals surface area contributed by atoms with Crippen molar-refractivity contribution in [1.82, 2.24) is 4.98 Å². The summed E-state index contributed by atoms with van der Waals surface area (Å²) in [5, 5.41) is 4.33. The Hall–Kier alpha value is -1.14. The molecule has 7 heteroatoms. The second-order valence-electron chi connectivity index (χ2n) is 6.01. The molecule has 130 valence electrons. The Kier molecular flexibility index (Phi) is 7.04. The van der Waals surface area contributed by atoms with Crippen LogP contribution in [0.3, 0.4) is 0 Å². The summed E-state index contributed by atoms with van der Waals surface area (Å²) in [5.74, 6) is 0.0495. The third kappa shape index (κ3) is 4.93. The van der Waals surface area contributed by atoms with Crippen LogP contribution in [0.2, 0.25) is 5.02 Å². The maximum atomic E-state index is 12.3. The van der Waals surface area contributed by atoms with Gasteiger partial charge in [0.25, 0.3) is 0 Å². The van der Waals surface area contributed by atoms with E-state index in [0.29, 0.717) is 5.13 Å². The summed E-state index contributed by atoms with van der Waals surface area (Å²) in [4.78, 5) is 17.7. The molecule has 0 spiro atoms. The Morgan fingerprint density at radius 3 is 2.92 bits per heavy atom. The molecule has 4 nitrogen and oxygen atoms in total. The second kappa shape index (κ2) is 8.81. The van der Waals surface area contributed by atoms with Gasteiger partial charge in [0.1, 0.15) is 0 Å². The van der Waals surface area contributed by atoms with Gasteiger partial charge in [-0.15, -0.1) is 23.7 Å². The first-order valence-electron chi connectivity index (χ1n) is 7.86. The summed E-state index contributed by atoms with van der Waals surface area (Å²) >= 11 is 7.68. The number of benzene rings is 1. The minimum Gasteiger partial charge on any atom is -0.328 e. The topological polar surface area (TPSA) is 68.0 Å². The number of halogens is 2. The predicted molar refractivity (Wildman–Crippen MR) is 102 cm³/mol. The number of hydrogen-bond acceptors (Lipinski definition) is 4. The summed E-state index contributed by atoms with van der Waals surface area (Å²) in [7, 11) is 0. The number of hydrogen-bond donors (Lipinski definition) is 2. The molecular weight excluding hydrogens is 365 g/mol. The van der Waals surface area contributed by atoms with Crippen LogP contribution < -0.4 is 11.1 Å². The molecule has 1 fully saturated rings. The number of carbonyl (C=O) groups excluding carboxylic acids is 1. The maximum absolute atomic E-state index is 12.3. The summed E-state index contributed by atoms with van der Waals surface area (Å²) < 4.78 is 0. The third-order valence-electron chi connectivity index (χ3n) is 4.19. The first-order chi connectivity index (χ1) is 11.1. The number of amides is 1. The molecule has 2 aromatic rings. The minimum absolute atomic E-state index is 0. The monoisotopic (exact) mass is 385 g/mol. The molecule has 1 saturated carbocycles. The molecule has 3 rings (SSSR count). The zero-order chi connectivity index (χ0) is 16.2. The largest absolute Gasteiger partial charge is 0.328 e. The van der Waals surface area contributed by atoms with E-state index >= 15 is 0 Å². The van der Waals surface area contributed by atoms with E-state index in [2.05, 4.69) is 10.3 Å². The third-order valence-corrected chi connectivity index (χ3v) is 5.47. The zero-order valence-corrected chi connectivity index (χ0v) is 15.6. The molecule has 0 saturated heterocycles. The number of aromatic nitrogens is 1. The SMILES string of the molecule is Cl.NC1CCCC(C(=O)Nc2ncc(Cc3ccccc3Cl)s2)C1. The highest BCUT2D eigenvalue weighted by atomic mass is 35.5. The molecule has 0 radical (unpaired) electrons. The fourth-order valence-corrected chi connectivity index (χ4v) is 3.99. The normalized spacial score (nSPS) is 20.2. The smallest absolute Gasteiger partial charge is 0.229 e. The van der Waals surface area contributed by atoms with Crippen molar-refractivity contribution in [1.29, 1.82) is 0 Å². The quantitative estimate of drug-likeness (QED) is 0.825. The molecule has 1 aliphatic rings. The van der Waals surface area contributed by atoms with Crippen molar-refractivity contribution in [3.8, 4) is 0 Å². The Morgan fingerprint density at radius 2 is 2.17 bits per heavy atom. The Morgan fingerprint density at radius 1 is 1.38 bits per heavy atom. The maximum Gasteiger partial charge on any atom is 0.229 e. The van der Waals surface area contributed by atoms with Gasteiger partial charge in [-0.25, -0.2) is 4.98 Å². The summed E-state index contributed by atoms with van der Waals surface area (Å²) in [6.45, 7) is 0. The molecule has 1 aromatic heterocycles. The molecule has 2 unspecified atom stereocenters. The number of carbonyl (C=O) groups is 1. The van der Waals surface area contributed by atoms with Crippen LogP contribution in [-0.4, -0.2) is 16.9 Å². The first kappa shape index (κ1) is 19.2. The van der Waals surface area contributed by atoms with Crippen LogP contribution in [0.1, 0.15) is 36.1 Å². The van der Waals surface area contributed by atoms with Crippen LogP contribution in [-0.2, 0) is 11.2 Å². The van der Waals surface area contributed by atoms with Crippen LogP contribution >= 0.6 is 35.3 Å². The van der Waals surface area contributed by atoms with Crippen molar-refractivity contribution in [2.75, 3.05) is 5.32 Å². The van der Waals surface area contributed by atoms with Crippen molar-refractivity contribution in [3.05, 3.63) is 45.9 Å². The molecule has 24 heavy (non-hydrogen) atoms. The van der Waals surface area contributed by atoms with Gasteiger partial charge in [-0.05, 0) is 30.9 Å². The Bertz CT molecular complexity index is 692. The van der Waals surface area contributed by atoms with Crippen molar-refractivity contribution in [3.63, 3.8) is 0 Å². The van der Waals surface area contributed by atoms with Gasteiger partial charge >= 0.3 is 0 Å². The fraction of sp³-hybridized carbons (Fsp3) is 0.412. The van der Waals surface area contributed by atoms with Crippen LogP contribution in [0.5, 0.6) is 0 Å². The number of thiazole rings is 1. The lowest BCUT2D eigenvalue weighted by atomic mass is 9.86. The molecule has 0 bridgehead atoms. The number of rotatable bonds is 4. The lowest BCUT2D eigenvalue weighted by molar-refractivity contribution is -0.120. The summed E-state index contributed by atoms with van der Waals surface area (Å²) in [6.07, 6.45) is 6.25. The molecule has 0 aliphatic heterocycles. The highest BCUT2D eigenvalue weighted by Gasteiger charge is 2.25. The molecule has 1 amide bonds. The van der Waals surface area contributed by atoms with Crippen molar-refractivity contribution in [2.45, 2.75) is 38.1 Å². The van der Waals surface area contributed by atoms with Gasteiger partial charge in [-0.2, -0.15) is 0 Å². The van der Waals surface area contributed by atoms with Gasteiger partial charge in [0, 0.05) is 34.5 Å². The number of anilines is 1. The van der Waals surface area contributed by atoms with Crippen molar-refractivity contribution >= 4 is 46.4 Å². The number of nitrogens with one attached hydrogen (secondary N) is 1. The van der Waals surface area contributed by atoms with Crippen LogP contribution in [0, 0.1) is 5.92 Å². The van der Waals surface area contributed by atoms with Crippen molar-refractivity contribution in [2.24, 2.45) is 11.7 Å². The fourth-order valence-electron chi connectivity index (χ4n) is 2.95. The summed E-state index contributed by atoms with van der Waals surface area (Å²) in [6, 6.07) is 7.92. The molecule has 1 aliphatic carbocycles. The van der Waals surface area contributed by atoms with Crippen LogP contribution in [0.25, 0.3) is 0 Å². The Labute approximate surface area is 157 Å². The van der Waals surface area contributed by atoms with Gasteiger partial charge in [-0.3, -0.25) is 4.79 Å². The molecule has 1 heterocycles. The number of nitrogens with two attached hydrogens (primary N) is 1. The van der Waals surface area contributed by atoms with E-state index in [4.69, 9.17) is 17.3 Å². The average Bonchev–Trinajstić information content (AvgIpc) is 2.97. The standard InChI is InChI=1S/C17H20ClN3OS.ClH/c18-15-7-2-1-4-11(15)9-14-10-20-17(23-14)21-16(22)12-5-3-6-13(19)8-12;/h1-2,4,7,10,12-13H,3,5-6,8-9,19H2,(H,20,21,22);1H. The van der Waals surface area contributed by atoms with E-state index < -0.39 is 0 Å². The van der Waals surface area contributed by atoms with E-state index in [-0.39, 0.29) is 30.3 Å². The first-order valence-corrected chi connectivity index (χ1v) is 9.06. The minimum atomic E-state index is 0. The van der Waals surface area contributed by atoms with Gasteiger partial charge in [0.05, 0.1) is 0 Å². The predicted octanol–water partition coefficient (Wildman–Crippen LogP) is 4.27. The van der Waals surface area contributed by atoms with E-state index in [0.717, 1.165) is 47.6 Å². The molecule has 3 N–H and O–H groups in total. The number of nitrogens with zero attached hydrogens (tertiary/aromatic N) is 1. The molecule has 1 aromatic carbocycles. The van der Waals surface area contributed by atoms with Gasteiger partial charge in [0.2, 0.25) is 5.91 Å². The molecule has 2 atom stereocenters. The van der Waals surface area contributed by atoms with E-state index in [1.54, 1.807) is 6.20 Å². The van der Waals surface area contributed by atoms with E-state index in [1.807, 2.05) is 24.3 Å². The van der Waals surface area contributed by atoms with Gasteiger partial charge in [0.15, 0.2) is 5.13 Å². The lowest BCUT2D eigenvalue weighted by Gasteiger charge is -2.25. The Balaban J connectivity index is 0.00000208. The van der Waals surface area contributed by atoms with E-state index in [9.17, 15) is 4.79 Å². The highest BCUT2D eigenvalue weighted by Crippen LogP contribution is 2.27. The average molecular weight is 386 g/mol. The van der Waals surface area contributed by atoms with Crippen LogP contribution in [0.4, 0.5) is 5.13 Å². The van der Waals surface area contributed by atoms with Crippen molar-refractivity contribution < 1.29 is 4.79 Å². The van der Waals surface area contributed by atoms with Gasteiger partial charge in [-0.1, -0.05) is 36.2 Å². The zero-order valence-electron chi connectivity index (χ0n) is 13.2. The second-order valence-corrected chi connectivity index (χ2v) is 7.54. The van der Waals surface area contributed by atoms with Gasteiger partial charge < -0.3 is 11.1 Å². The highest BCUT2D eigenvalue weighted by molar-refractivity contribution is 7.15. The summed E-state index contributed by atoms with van der Waals surface area (Å²) in [5.41, 5.74) is 7.02. The lowest BCUT2D eigenvalue weighted by Crippen LogP contribution is -2.34. The molecular formula is C17H21Cl2N3OS. The van der Waals surface area contributed by atoms with E-state index in [1.165, 1.54) is 11.3 Å².